The van der Waals surface area contributed by atoms with Crippen LogP contribution in [-0.4, -0.2) is 54.2 Å². The summed E-state index contributed by atoms with van der Waals surface area (Å²) in [5, 5.41) is 18.2. The fourth-order valence-electron chi connectivity index (χ4n) is 2.69. The third-order valence-electron chi connectivity index (χ3n) is 4.04. The minimum absolute atomic E-state index is 0.278. The molecule has 2 atom stereocenters. The Labute approximate surface area is 140 Å². The van der Waals surface area contributed by atoms with Crippen molar-refractivity contribution < 1.29 is 19.7 Å². The molecule has 1 aliphatic carbocycles. The van der Waals surface area contributed by atoms with Crippen LogP contribution in [0.2, 0.25) is 0 Å². The highest BCUT2D eigenvalue weighted by Crippen LogP contribution is 2.27. The third-order valence-corrected chi connectivity index (χ3v) is 4.04. The molecule has 0 radical (unpaired) electrons. The highest BCUT2D eigenvalue weighted by Gasteiger charge is 2.36. The Kier molecular flexibility index (Phi) is 5.71. The molecule has 0 amide bonds. The van der Waals surface area contributed by atoms with E-state index in [4.69, 9.17) is 9.94 Å². The molecular weight excluding hydrogens is 316 g/mol. The molecule has 134 valence electrons. The molecule has 1 aliphatic rings. The molecule has 1 heterocycles. The smallest absolute Gasteiger partial charge is 0.306 e. The summed E-state index contributed by atoms with van der Waals surface area (Å²) >= 11 is 0. The van der Waals surface area contributed by atoms with Crippen LogP contribution in [0.3, 0.4) is 0 Å². The maximum atomic E-state index is 12.4. The van der Waals surface area contributed by atoms with Gasteiger partial charge in [-0.3, -0.25) is 9.48 Å². The van der Waals surface area contributed by atoms with Crippen molar-refractivity contribution in [3.05, 3.63) is 17.3 Å². The van der Waals surface area contributed by atoms with Gasteiger partial charge >= 0.3 is 5.97 Å². The Morgan fingerprint density at radius 3 is 2.79 bits per heavy atom. The Morgan fingerprint density at radius 2 is 2.25 bits per heavy atom. The minimum Gasteiger partial charge on any atom is -0.481 e. The lowest BCUT2D eigenvalue weighted by molar-refractivity contribution is -0.802. The normalized spacial score (nSPS) is 20.8. The average Bonchev–Trinajstić information content (AvgIpc) is 3.15. The second-order valence-electron chi connectivity index (χ2n) is 6.91. The first kappa shape index (κ1) is 18.1. The molecule has 24 heavy (non-hydrogen) atoms. The standard InChI is InChI=1S/C14H24N6O4/c1-14(2,3)19(9-8-18-7-6-15-16-18)20(23)17-24-12-5-4-11(10-12)13(21)22/h6-7,11-12H,4-5,8-10H2,1-3H3,(H-,17,21,22,23)/p+1/t11-,12+/m0/s1. The van der Waals surface area contributed by atoms with Crippen LogP contribution in [0.4, 0.5) is 0 Å². The zero-order valence-electron chi connectivity index (χ0n) is 14.3. The van der Waals surface area contributed by atoms with Gasteiger partial charge in [0.15, 0.2) is 0 Å². The van der Waals surface area contributed by atoms with E-state index in [2.05, 4.69) is 15.9 Å². The van der Waals surface area contributed by atoms with Crippen LogP contribution in [0.25, 0.3) is 0 Å². The number of hydrazine groups is 2. The number of nitroso groups, excluding NO2 is 1. The van der Waals surface area contributed by atoms with Crippen LogP contribution in [0.1, 0.15) is 40.0 Å². The van der Waals surface area contributed by atoms with Crippen molar-refractivity contribution in [1.29, 1.82) is 0 Å². The van der Waals surface area contributed by atoms with E-state index >= 15 is 0 Å². The van der Waals surface area contributed by atoms with E-state index in [0.717, 1.165) is 0 Å². The molecule has 0 saturated heterocycles. The van der Waals surface area contributed by atoms with Gasteiger partial charge in [0.05, 0.1) is 35.2 Å². The van der Waals surface area contributed by atoms with E-state index in [-0.39, 0.29) is 6.10 Å². The van der Waals surface area contributed by atoms with Gasteiger partial charge in [-0.25, -0.2) is 4.84 Å². The van der Waals surface area contributed by atoms with E-state index < -0.39 is 17.4 Å². The van der Waals surface area contributed by atoms with Crippen molar-refractivity contribution in [2.75, 3.05) is 6.54 Å². The van der Waals surface area contributed by atoms with Gasteiger partial charge in [0, 0.05) is 11.8 Å². The summed E-state index contributed by atoms with van der Waals surface area (Å²) in [6.07, 6.45) is 4.62. The van der Waals surface area contributed by atoms with Crippen LogP contribution in [-0.2, 0) is 16.2 Å². The number of nitrogens with zero attached hydrogens (tertiary/aromatic N) is 5. The van der Waals surface area contributed by atoms with Gasteiger partial charge < -0.3 is 5.11 Å². The number of carboxylic acids is 1. The van der Waals surface area contributed by atoms with Crippen molar-refractivity contribution in [3.63, 3.8) is 0 Å². The van der Waals surface area contributed by atoms with Crippen molar-refractivity contribution in [3.8, 4) is 0 Å². The Hall–Kier alpha value is -2.23. The van der Waals surface area contributed by atoms with Crippen LogP contribution < -0.4 is 5.59 Å². The molecular formula is C14H25N6O4+. The molecule has 10 nitrogen and oxygen atoms in total. The highest BCUT2D eigenvalue weighted by molar-refractivity contribution is 5.70. The molecule has 1 aromatic heterocycles. The first-order valence-corrected chi connectivity index (χ1v) is 8.00. The Balaban J connectivity index is 1.85. The van der Waals surface area contributed by atoms with Gasteiger partial charge in [-0.1, -0.05) is 5.21 Å². The largest absolute Gasteiger partial charge is 0.481 e. The SMILES string of the molecule is CC(C)(C)N(CCn1ccnn1)[N+](=O)NO[C@@H]1CC[C@H](C(=O)O)C1. The number of rotatable bonds is 8. The summed E-state index contributed by atoms with van der Waals surface area (Å²) in [6.45, 7) is 6.65. The predicted octanol–water partition coefficient (Wildman–Crippen LogP) is 0.762. The Bertz CT molecular complexity index is 556. The van der Waals surface area contributed by atoms with Gasteiger partial charge in [0.1, 0.15) is 6.54 Å². The monoisotopic (exact) mass is 341 g/mol. The second-order valence-corrected chi connectivity index (χ2v) is 6.91. The molecule has 2 N–H and O–H groups in total. The maximum Gasteiger partial charge on any atom is 0.306 e. The molecule has 0 spiro atoms. The van der Waals surface area contributed by atoms with Gasteiger partial charge in [-0.15, -0.1) is 10.1 Å². The number of carboxylic acid groups (broad SMARTS) is 1. The Morgan fingerprint density at radius 1 is 1.50 bits per heavy atom. The lowest BCUT2D eigenvalue weighted by Gasteiger charge is -2.26. The number of carbonyl (C=O) groups is 1. The molecule has 1 fully saturated rings. The molecule has 0 aromatic carbocycles. The van der Waals surface area contributed by atoms with E-state index in [1.54, 1.807) is 22.1 Å². The van der Waals surface area contributed by atoms with Crippen LogP contribution >= 0.6 is 0 Å². The van der Waals surface area contributed by atoms with E-state index in [1.807, 2.05) is 20.8 Å². The molecule has 0 aliphatic heterocycles. The van der Waals surface area contributed by atoms with Gasteiger partial charge in [0.25, 0.3) is 4.98 Å². The average molecular weight is 341 g/mol. The number of aliphatic carboxylic acids is 1. The van der Waals surface area contributed by atoms with Crippen molar-refractivity contribution in [1.82, 2.24) is 25.6 Å². The molecule has 1 saturated carbocycles. The number of aromatic nitrogens is 3. The first-order valence-electron chi connectivity index (χ1n) is 8.00. The molecule has 2 rings (SSSR count). The fourth-order valence-corrected chi connectivity index (χ4v) is 2.69. The predicted molar refractivity (Wildman–Crippen MR) is 83.1 cm³/mol. The zero-order valence-corrected chi connectivity index (χ0v) is 14.3. The lowest BCUT2D eigenvalue weighted by Crippen LogP contribution is -2.53. The molecule has 10 heteroatoms. The van der Waals surface area contributed by atoms with Crippen LogP contribution in [0.5, 0.6) is 0 Å². The number of hydrogen-bond donors (Lipinski definition) is 2. The van der Waals surface area contributed by atoms with Gasteiger partial charge in [-0.05, 0) is 40.0 Å². The van der Waals surface area contributed by atoms with Gasteiger partial charge in [0.2, 0.25) is 0 Å². The summed E-state index contributed by atoms with van der Waals surface area (Å²) in [4.78, 5) is 29.3. The highest BCUT2D eigenvalue weighted by atomic mass is 16.7. The van der Waals surface area contributed by atoms with Crippen LogP contribution in [0, 0.1) is 10.8 Å². The minimum atomic E-state index is -0.816. The van der Waals surface area contributed by atoms with Crippen molar-refractivity contribution in [2.45, 2.75) is 58.2 Å². The maximum absolute atomic E-state index is 12.4. The van der Waals surface area contributed by atoms with Crippen molar-refractivity contribution >= 4 is 5.97 Å². The number of hydrogen-bond acceptors (Lipinski definition) is 5. The third kappa shape index (κ3) is 4.88. The topological polar surface area (TPSA) is 113 Å². The fraction of sp³-hybridized carbons (Fsp3) is 0.786. The molecule has 1 aromatic rings. The summed E-state index contributed by atoms with van der Waals surface area (Å²) < 4.78 is 1.64. The van der Waals surface area contributed by atoms with Crippen molar-refractivity contribution in [2.24, 2.45) is 5.92 Å². The van der Waals surface area contributed by atoms with Gasteiger partial charge in [-0.2, -0.15) is 0 Å². The first-order chi connectivity index (χ1) is 11.3. The lowest BCUT2D eigenvalue weighted by atomic mass is 10.1. The van der Waals surface area contributed by atoms with Crippen LogP contribution in [0.15, 0.2) is 12.4 Å². The summed E-state index contributed by atoms with van der Waals surface area (Å²) in [5.41, 5.74) is 1.95. The van der Waals surface area contributed by atoms with E-state index in [0.29, 0.717) is 37.3 Å². The summed E-state index contributed by atoms with van der Waals surface area (Å²) in [5.74, 6) is -1.22. The van der Waals surface area contributed by atoms with E-state index in [1.165, 1.54) is 0 Å². The molecule has 0 unspecified atom stereocenters. The second kappa shape index (κ2) is 7.56. The quantitative estimate of drug-likeness (QED) is 0.526. The number of nitrogens with one attached hydrogen (secondary N) is 1. The summed E-state index contributed by atoms with van der Waals surface area (Å²) in [6, 6.07) is 0. The zero-order chi connectivity index (χ0) is 17.7. The molecule has 0 bridgehead atoms. The summed E-state index contributed by atoms with van der Waals surface area (Å²) in [7, 11) is 0. The van der Waals surface area contributed by atoms with E-state index in [9.17, 15) is 9.70 Å².